The third kappa shape index (κ3) is 3.61. The first kappa shape index (κ1) is 17.0. The Morgan fingerprint density at radius 3 is 2.62 bits per heavy atom. The maximum Gasteiger partial charge on any atom is 0.276 e. The van der Waals surface area contributed by atoms with Crippen LogP contribution in [0.3, 0.4) is 0 Å². The minimum Gasteiger partial charge on any atom is -0.381 e. The van der Waals surface area contributed by atoms with E-state index in [1.54, 1.807) is 24.8 Å². The average Bonchev–Trinajstić information content (AvgIpc) is 3.02. The van der Waals surface area contributed by atoms with Crippen molar-refractivity contribution >= 4 is 11.8 Å². The number of hydrogen-bond donors (Lipinski definition) is 0. The van der Waals surface area contributed by atoms with Crippen LogP contribution in [0.5, 0.6) is 0 Å². The molecule has 1 unspecified atom stereocenters. The number of rotatable bonds is 3. The van der Waals surface area contributed by atoms with E-state index in [2.05, 4.69) is 5.16 Å². The van der Waals surface area contributed by atoms with Crippen LogP contribution in [0.1, 0.15) is 48.9 Å². The SMILES string of the molecule is CC(=O)N(C1CCOCC1)C1CCCN(C(=O)c2cc(C)on2)C1. The minimum absolute atomic E-state index is 0.0660. The Bertz CT molecular complexity index is 594. The topological polar surface area (TPSA) is 75.9 Å². The number of ether oxygens (including phenoxy) is 1. The molecule has 2 aliphatic heterocycles. The van der Waals surface area contributed by atoms with Crippen LogP contribution in [0.4, 0.5) is 0 Å². The Labute approximate surface area is 141 Å². The molecule has 3 rings (SSSR count). The number of amides is 2. The number of aryl methyl sites for hydroxylation is 1. The number of carbonyl (C=O) groups is 2. The molecule has 7 heteroatoms. The van der Waals surface area contributed by atoms with Crippen LogP contribution in [-0.4, -0.2) is 65.2 Å². The third-order valence-corrected chi connectivity index (χ3v) is 4.87. The van der Waals surface area contributed by atoms with Crippen molar-refractivity contribution < 1.29 is 18.8 Å². The van der Waals surface area contributed by atoms with Gasteiger partial charge < -0.3 is 19.1 Å². The van der Waals surface area contributed by atoms with Crippen molar-refractivity contribution in [1.29, 1.82) is 0 Å². The summed E-state index contributed by atoms with van der Waals surface area (Å²) in [5.74, 6) is 0.588. The fraction of sp³-hybridized carbons (Fsp3) is 0.706. The number of carbonyl (C=O) groups excluding carboxylic acids is 2. The van der Waals surface area contributed by atoms with Gasteiger partial charge in [-0.2, -0.15) is 0 Å². The van der Waals surface area contributed by atoms with E-state index in [1.165, 1.54) is 0 Å². The predicted octanol–water partition coefficient (Wildman–Crippen LogP) is 1.62. The van der Waals surface area contributed by atoms with Crippen LogP contribution in [0.2, 0.25) is 0 Å². The molecule has 2 aliphatic rings. The Morgan fingerprint density at radius 1 is 1.25 bits per heavy atom. The molecule has 0 N–H and O–H groups in total. The number of aromatic nitrogens is 1. The van der Waals surface area contributed by atoms with E-state index < -0.39 is 0 Å². The Kier molecular flexibility index (Phi) is 5.18. The molecule has 0 aromatic carbocycles. The zero-order chi connectivity index (χ0) is 17.1. The summed E-state index contributed by atoms with van der Waals surface area (Å²) in [5, 5.41) is 3.82. The van der Waals surface area contributed by atoms with Crippen molar-refractivity contribution in [2.75, 3.05) is 26.3 Å². The fourth-order valence-corrected chi connectivity index (χ4v) is 3.77. The van der Waals surface area contributed by atoms with Gasteiger partial charge in [0, 0.05) is 51.4 Å². The quantitative estimate of drug-likeness (QED) is 0.839. The first-order valence-corrected chi connectivity index (χ1v) is 8.65. The summed E-state index contributed by atoms with van der Waals surface area (Å²) >= 11 is 0. The zero-order valence-electron chi connectivity index (χ0n) is 14.4. The van der Waals surface area contributed by atoms with E-state index in [4.69, 9.17) is 9.26 Å². The molecule has 1 aromatic rings. The lowest BCUT2D eigenvalue weighted by Gasteiger charge is -2.43. The van der Waals surface area contributed by atoms with Gasteiger partial charge in [-0.3, -0.25) is 9.59 Å². The van der Waals surface area contributed by atoms with E-state index >= 15 is 0 Å². The van der Waals surface area contributed by atoms with Crippen LogP contribution >= 0.6 is 0 Å². The maximum atomic E-state index is 12.6. The molecule has 0 aliphatic carbocycles. The molecule has 132 valence electrons. The van der Waals surface area contributed by atoms with Crippen LogP contribution in [0.15, 0.2) is 10.6 Å². The van der Waals surface area contributed by atoms with Crippen molar-refractivity contribution in [2.24, 2.45) is 0 Å². The highest BCUT2D eigenvalue weighted by molar-refractivity contribution is 5.92. The molecule has 1 atom stereocenters. The van der Waals surface area contributed by atoms with Gasteiger partial charge in [0.15, 0.2) is 5.69 Å². The molecule has 2 saturated heterocycles. The highest BCUT2D eigenvalue weighted by atomic mass is 16.5. The minimum atomic E-state index is -0.118. The monoisotopic (exact) mass is 335 g/mol. The molecule has 2 amide bonds. The van der Waals surface area contributed by atoms with E-state index in [1.807, 2.05) is 4.90 Å². The molecule has 24 heavy (non-hydrogen) atoms. The molecule has 0 spiro atoms. The van der Waals surface area contributed by atoms with Gasteiger partial charge in [-0.25, -0.2) is 0 Å². The summed E-state index contributed by atoms with van der Waals surface area (Å²) in [6.45, 7) is 6.04. The first-order valence-electron chi connectivity index (χ1n) is 8.65. The highest BCUT2D eigenvalue weighted by Gasteiger charge is 2.34. The van der Waals surface area contributed by atoms with Gasteiger partial charge in [0.05, 0.1) is 0 Å². The second kappa shape index (κ2) is 7.34. The Balaban J connectivity index is 1.71. The van der Waals surface area contributed by atoms with Crippen LogP contribution in [0.25, 0.3) is 0 Å². The number of nitrogens with zero attached hydrogens (tertiary/aromatic N) is 3. The van der Waals surface area contributed by atoms with E-state index in [0.717, 1.165) is 25.7 Å². The summed E-state index contributed by atoms with van der Waals surface area (Å²) in [4.78, 5) is 28.6. The summed E-state index contributed by atoms with van der Waals surface area (Å²) in [6, 6.07) is 1.94. The van der Waals surface area contributed by atoms with E-state index in [-0.39, 0.29) is 23.9 Å². The van der Waals surface area contributed by atoms with Crippen LogP contribution < -0.4 is 0 Å². The number of hydrogen-bond acceptors (Lipinski definition) is 5. The van der Waals surface area contributed by atoms with Crippen molar-refractivity contribution in [1.82, 2.24) is 15.0 Å². The summed E-state index contributed by atoms with van der Waals surface area (Å²) < 4.78 is 10.4. The lowest BCUT2D eigenvalue weighted by Crippen LogP contribution is -2.55. The number of piperidine rings is 1. The lowest BCUT2D eigenvalue weighted by atomic mass is 9.98. The van der Waals surface area contributed by atoms with Crippen LogP contribution in [0, 0.1) is 6.92 Å². The largest absolute Gasteiger partial charge is 0.381 e. The van der Waals surface area contributed by atoms with Gasteiger partial charge in [-0.15, -0.1) is 0 Å². The third-order valence-electron chi connectivity index (χ3n) is 4.87. The standard InChI is InChI=1S/C17H25N3O4/c1-12-10-16(18-24-12)17(22)19-7-3-4-15(11-19)20(13(2)21)14-5-8-23-9-6-14/h10,14-15H,3-9,11H2,1-2H3. The zero-order valence-corrected chi connectivity index (χ0v) is 14.4. The van der Waals surface area contributed by atoms with Gasteiger partial charge in [0.1, 0.15) is 5.76 Å². The van der Waals surface area contributed by atoms with Gasteiger partial charge in [0.25, 0.3) is 5.91 Å². The molecule has 0 radical (unpaired) electrons. The predicted molar refractivity (Wildman–Crippen MR) is 86.5 cm³/mol. The molecule has 7 nitrogen and oxygen atoms in total. The van der Waals surface area contributed by atoms with E-state index in [0.29, 0.717) is 37.8 Å². The smallest absolute Gasteiger partial charge is 0.276 e. The van der Waals surface area contributed by atoms with E-state index in [9.17, 15) is 9.59 Å². The molecule has 2 fully saturated rings. The van der Waals surface area contributed by atoms with Crippen molar-refractivity contribution in [3.8, 4) is 0 Å². The molecular weight excluding hydrogens is 310 g/mol. The number of likely N-dealkylation sites (tertiary alicyclic amines) is 1. The fourth-order valence-electron chi connectivity index (χ4n) is 3.77. The first-order chi connectivity index (χ1) is 11.6. The normalized spacial score (nSPS) is 22.4. The van der Waals surface area contributed by atoms with Crippen molar-refractivity contribution in [2.45, 2.75) is 51.6 Å². The highest BCUT2D eigenvalue weighted by Crippen LogP contribution is 2.24. The van der Waals surface area contributed by atoms with Gasteiger partial charge in [0.2, 0.25) is 5.91 Å². The Morgan fingerprint density at radius 2 is 2.00 bits per heavy atom. The van der Waals surface area contributed by atoms with Gasteiger partial charge >= 0.3 is 0 Å². The van der Waals surface area contributed by atoms with Gasteiger partial charge in [-0.05, 0) is 32.6 Å². The molecular formula is C17H25N3O4. The second-order valence-electron chi connectivity index (χ2n) is 6.64. The van der Waals surface area contributed by atoms with Crippen molar-refractivity contribution in [3.63, 3.8) is 0 Å². The summed E-state index contributed by atoms with van der Waals surface area (Å²) in [6.07, 6.45) is 3.55. The van der Waals surface area contributed by atoms with Crippen LogP contribution in [-0.2, 0) is 9.53 Å². The van der Waals surface area contributed by atoms with Gasteiger partial charge in [-0.1, -0.05) is 5.16 Å². The molecule has 3 heterocycles. The van der Waals surface area contributed by atoms with Crippen molar-refractivity contribution in [3.05, 3.63) is 17.5 Å². The second-order valence-corrected chi connectivity index (χ2v) is 6.64. The maximum absolute atomic E-state index is 12.6. The molecule has 0 bridgehead atoms. The molecule has 0 saturated carbocycles. The Hall–Kier alpha value is -1.89. The lowest BCUT2D eigenvalue weighted by molar-refractivity contribution is -0.137. The summed E-state index contributed by atoms with van der Waals surface area (Å²) in [5.41, 5.74) is 0.341. The average molecular weight is 335 g/mol. The molecule has 1 aromatic heterocycles. The summed E-state index contributed by atoms with van der Waals surface area (Å²) in [7, 11) is 0.